The van der Waals surface area contributed by atoms with Crippen LogP contribution in [0.1, 0.15) is 29.7 Å². The molecule has 2 amide bonds. The summed E-state index contributed by atoms with van der Waals surface area (Å²) in [6, 6.07) is 15.5. The predicted octanol–water partition coefficient (Wildman–Crippen LogP) is 4.59. The van der Waals surface area contributed by atoms with E-state index >= 15 is 0 Å². The third-order valence-corrected chi connectivity index (χ3v) is 5.30. The number of rotatable bonds is 6. The van der Waals surface area contributed by atoms with E-state index in [9.17, 15) is 9.59 Å². The Morgan fingerprint density at radius 2 is 1.93 bits per heavy atom. The van der Waals surface area contributed by atoms with Crippen LogP contribution in [0.4, 0.5) is 4.79 Å². The summed E-state index contributed by atoms with van der Waals surface area (Å²) in [6.45, 7) is 5.65. The van der Waals surface area contributed by atoms with Crippen molar-refractivity contribution in [2.24, 2.45) is 0 Å². The summed E-state index contributed by atoms with van der Waals surface area (Å²) in [5.41, 5.74) is 3.04. The van der Waals surface area contributed by atoms with E-state index in [1.807, 2.05) is 24.3 Å². The molecule has 0 aliphatic carbocycles. The minimum absolute atomic E-state index is 0.0756. The first-order chi connectivity index (χ1) is 14.4. The number of carbonyl (C=O) groups excluding carboxylic acids is 2. The molecule has 2 aromatic carbocycles. The molecule has 0 radical (unpaired) electrons. The van der Waals surface area contributed by atoms with Gasteiger partial charge < -0.3 is 10.1 Å². The van der Waals surface area contributed by atoms with Crippen molar-refractivity contribution in [3.8, 4) is 6.07 Å². The molecule has 152 valence electrons. The normalized spacial score (nSPS) is 16.0. The lowest BCUT2D eigenvalue weighted by Gasteiger charge is -2.35. The van der Waals surface area contributed by atoms with E-state index in [1.165, 1.54) is 11.0 Å². The fourth-order valence-corrected chi connectivity index (χ4v) is 3.49. The molecule has 1 heterocycles. The highest BCUT2D eigenvalue weighted by Crippen LogP contribution is 2.32. The highest BCUT2D eigenvalue weighted by molar-refractivity contribution is 9.10. The highest BCUT2D eigenvalue weighted by Gasteiger charge is 2.36. The average molecular weight is 466 g/mol. The molecule has 0 saturated carbocycles. The maximum absolute atomic E-state index is 12.9. The van der Waals surface area contributed by atoms with Crippen LogP contribution in [0.25, 0.3) is 0 Å². The molecule has 0 aromatic heterocycles. The molecule has 1 aliphatic heterocycles. The van der Waals surface area contributed by atoms with Gasteiger partial charge in [-0.05, 0) is 42.3 Å². The second-order valence-corrected chi connectivity index (χ2v) is 7.63. The lowest BCUT2D eigenvalue weighted by molar-refractivity contribution is -0.138. The molecule has 0 saturated heterocycles. The third kappa shape index (κ3) is 4.61. The Balaban J connectivity index is 1.99. The number of benzene rings is 2. The van der Waals surface area contributed by atoms with Crippen LogP contribution in [-0.4, -0.2) is 23.5 Å². The number of ether oxygens (including phenoxy) is 1. The van der Waals surface area contributed by atoms with Gasteiger partial charge in [-0.25, -0.2) is 9.59 Å². The molecular formula is C23H20BrN3O3. The van der Waals surface area contributed by atoms with Crippen molar-refractivity contribution in [3.05, 3.63) is 93.6 Å². The maximum atomic E-state index is 12.9. The summed E-state index contributed by atoms with van der Waals surface area (Å²) in [5.74, 6) is -0.509. The zero-order valence-electron chi connectivity index (χ0n) is 16.4. The molecule has 1 N–H and O–H groups in total. The van der Waals surface area contributed by atoms with Crippen molar-refractivity contribution >= 4 is 27.9 Å². The summed E-state index contributed by atoms with van der Waals surface area (Å²) in [7, 11) is 0. The van der Waals surface area contributed by atoms with Gasteiger partial charge >= 0.3 is 12.0 Å². The Morgan fingerprint density at radius 3 is 2.53 bits per heavy atom. The van der Waals surface area contributed by atoms with E-state index in [0.29, 0.717) is 16.8 Å². The minimum Gasteiger partial charge on any atom is -0.458 e. The van der Waals surface area contributed by atoms with Crippen molar-refractivity contribution in [2.45, 2.75) is 19.5 Å². The molecular weight excluding hydrogens is 446 g/mol. The van der Waals surface area contributed by atoms with Crippen LogP contribution >= 0.6 is 15.9 Å². The van der Waals surface area contributed by atoms with Gasteiger partial charge in [-0.1, -0.05) is 52.9 Å². The summed E-state index contributed by atoms with van der Waals surface area (Å²) < 4.78 is 6.20. The first-order valence-electron chi connectivity index (χ1n) is 9.26. The lowest BCUT2D eigenvalue weighted by Crippen LogP contribution is -2.47. The van der Waals surface area contributed by atoms with E-state index in [4.69, 9.17) is 10.00 Å². The van der Waals surface area contributed by atoms with Crippen LogP contribution in [0.5, 0.6) is 0 Å². The molecule has 0 spiro atoms. The molecule has 0 fully saturated rings. The number of nitrogens with zero attached hydrogens (tertiary/aromatic N) is 2. The summed E-state index contributed by atoms with van der Waals surface area (Å²) in [5, 5.41) is 11.9. The van der Waals surface area contributed by atoms with Crippen molar-refractivity contribution < 1.29 is 14.3 Å². The van der Waals surface area contributed by atoms with Crippen LogP contribution in [0.2, 0.25) is 0 Å². The standard InChI is InChI=1S/C23H20BrN3O3/c1-3-12-30-22(28)20-15(2)27(14-17-6-4-16(13-25)5-7-17)23(29)26-21(20)18-8-10-19(24)11-9-18/h3-11,21H,1,12,14H2,2H3,(H,26,29). The smallest absolute Gasteiger partial charge is 0.338 e. The number of esters is 1. The van der Waals surface area contributed by atoms with Crippen molar-refractivity contribution in [1.82, 2.24) is 10.2 Å². The molecule has 0 bridgehead atoms. The number of amides is 2. The number of nitriles is 1. The van der Waals surface area contributed by atoms with Crippen molar-refractivity contribution in [1.29, 1.82) is 5.26 Å². The van der Waals surface area contributed by atoms with Gasteiger partial charge in [-0.15, -0.1) is 0 Å². The van der Waals surface area contributed by atoms with Gasteiger partial charge in [0.2, 0.25) is 0 Å². The average Bonchev–Trinajstić information content (AvgIpc) is 2.75. The van der Waals surface area contributed by atoms with Gasteiger partial charge in [-0.3, -0.25) is 4.90 Å². The molecule has 2 aromatic rings. The Morgan fingerprint density at radius 1 is 1.27 bits per heavy atom. The zero-order chi connectivity index (χ0) is 21.7. The Hall–Kier alpha value is -3.37. The van der Waals surface area contributed by atoms with E-state index in [1.54, 1.807) is 31.2 Å². The Kier molecular flexibility index (Phi) is 6.70. The van der Waals surface area contributed by atoms with E-state index in [0.717, 1.165) is 15.6 Å². The Labute approximate surface area is 183 Å². The van der Waals surface area contributed by atoms with Gasteiger partial charge in [0, 0.05) is 10.2 Å². The largest absolute Gasteiger partial charge is 0.458 e. The number of carbonyl (C=O) groups is 2. The van der Waals surface area contributed by atoms with Crippen molar-refractivity contribution in [3.63, 3.8) is 0 Å². The monoisotopic (exact) mass is 465 g/mol. The van der Waals surface area contributed by atoms with Gasteiger partial charge in [-0.2, -0.15) is 5.26 Å². The second kappa shape index (κ2) is 9.42. The first-order valence-corrected chi connectivity index (χ1v) is 10.0. The topological polar surface area (TPSA) is 82.4 Å². The molecule has 3 rings (SSSR count). The van der Waals surface area contributed by atoms with Crippen molar-refractivity contribution in [2.75, 3.05) is 6.61 Å². The molecule has 1 unspecified atom stereocenters. The number of allylic oxidation sites excluding steroid dienone is 1. The van der Waals surface area contributed by atoms with Gasteiger partial charge in [0.25, 0.3) is 0 Å². The second-order valence-electron chi connectivity index (χ2n) is 6.72. The van der Waals surface area contributed by atoms with Crippen LogP contribution in [0.3, 0.4) is 0 Å². The zero-order valence-corrected chi connectivity index (χ0v) is 18.0. The predicted molar refractivity (Wildman–Crippen MR) is 116 cm³/mol. The summed E-state index contributed by atoms with van der Waals surface area (Å²) >= 11 is 3.40. The van der Waals surface area contributed by atoms with E-state index < -0.39 is 12.0 Å². The fraction of sp³-hybridized carbons (Fsp3) is 0.174. The summed E-state index contributed by atoms with van der Waals surface area (Å²) in [6.07, 6.45) is 1.50. The van der Waals surface area contributed by atoms with Crippen LogP contribution in [-0.2, 0) is 16.1 Å². The van der Waals surface area contributed by atoms with Gasteiger partial charge in [0.05, 0.1) is 29.8 Å². The molecule has 1 atom stereocenters. The van der Waals surface area contributed by atoms with Gasteiger partial charge in [0.15, 0.2) is 0 Å². The quantitative estimate of drug-likeness (QED) is 0.499. The van der Waals surface area contributed by atoms with Crippen LogP contribution < -0.4 is 5.32 Å². The molecule has 1 aliphatic rings. The number of nitrogens with one attached hydrogen (secondary N) is 1. The third-order valence-electron chi connectivity index (χ3n) is 4.78. The minimum atomic E-state index is -0.625. The number of hydrogen-bond acceptors (Lipinski definition) is 4. The summed E-state index contributed by atoms with van der Waals surface area (Å²) in [4.78, 5) is 27.3. The van der Waals surface area contributed by atoms with E-state index in [2.05, 4.69) is 33.9 Å². The molecule has 7 heteroatoms. The SMILES string of the molecule is C=CCOC(=O)C1=C(C)N(Cc2ccc(C#N)cc2)C(=O)NC1c1ccc(Br)cc1. The number of hydrogen-bond donors (Lipinski definition) is 1. The lowest BCUT2D eigenvalue weighted by atomic mass is 9.94. The Bertz CT molecular complexity index is 1040. The maximum Gasteiger partial charge on any atom is 0.338 e. The van der Waals surface area contributed by atoms with Gasteiger partial charge in [0.1, 0.15) is 6.61 Å². The number of halogens is 1. The molecule has 6 nitrogen and oxygen atoms in total. The number of urea groups is 1. The van der Waals surface area contributed by atoms with E-state index in [-0.39, 0.29) is 19.2 Å². The van der Waals surface area contributed by atoms with Crippen LogP contribution in [0, 0.1) is 11.3 Å². The fourth-order valence-electron chi connectivity index (χ4n) is 3.22. The highest BCUT2D eigenvalue weighted by atomic mass is 79.9. The molecule has 30 heavy (non-hydrogen) atoms. The first kappa shape index (κ1) is 21.3. The van der Waals surface area contributed by atoms with Crippen LogP contribution in [0.15, 0.2) is 76.9 Å².